The summed E-state index contributed by atoms with van der Waals surface area (Å²) in [5, 5.41) is 6.46. The number of amides is 2. The quantitative estimate of drug-likeness (QED) is 0.722. The van der Waals surface area contributed by atoms with E-state index in [2.05, 4.69) is 15.6 Å². The number of fused-ring (bicyclic) bond motifs is 1. The van der Waals surface area contributed by atoms with Gasteiger partial charge in [-0.3, -0.25) is 0 Å². The minimum atomic E-state index is -3.44. The van der Waals surface area contributed by atoms with Crippen molar-refractivity contribution in [2.45, 2.75) is 33.0 Å². The standard InChI is InChI=1S/C18H26N4O4S/c1-12-8-15-4-5-19-17(15)9-16(12)21-18(23)20-6-7-27(24,25)22-10-13(2)26-14(3)11-22/h4-5,8-9,13-14,19H,6-7,10-11H2,1-3H3,(H2,20,21,23)/t13-,14+. The molecule has 3 N–H and O–H groups in total. The van der Waals surface area contributed by atoms with Crippen LogP contribution >= 0.6 is 0 Å². The summed E-state index contributed by atoms with van der Waals surface area (Å²) in [4.78, 5) is 15.2. The van der Waals surface area contributed by atoms with Gasteiger partial charge in [0.1, 0.15) is 0 Å². The lowest BCUT2D eigenvalue weighted by molar-refractivity contribution is -0.0440. The molecular weight excluding hydrogens is 368 g/mol. The first-order chi connectivity index (χ1) is 12.7. The van der Waals surface area contributed by atoms with Crippen molar-refractivity contribution in [2.75, 3.05) is 30.7 Å². The molecule has 0 radical (unpaired) electrons. The van der Waals surface area contributed by atoms with Crippen LogP contribution in [0, 0.1) is 6.92 Å². The zero-order valence-electron chi connectivity index (χ0n) is 15.8. The Kier molecular flexibility index (Phi) is 5.73. The SMILES string of the molecule is Cc1cc2cc[nH]c2cc1NC(=O)NCCS(=O)(=O)N1C[C@@H](C)O[C@@H](C)C1. The van der Waals surface area contributed by atoms with Crippen molar-refractivity contribution >= 4 is 32.6 Å². The summed E-state index contributed by atoms with van der Waals surface area (Å²) in [6.07, 6.45) is 1.57. The van der Waals surface area contributed by atoms with Crippen LogP contribution in [-0.2, 0) is 14.8 Å². The average molecular weight is 394 g/mol. The molecule has 2 atom stereocenters. The van der Waals surface area contributed by atoms with Gasteiger partial charge in [-0.2, -0.15) is 4.31 Å². The van der Waals surface area contributed by atoms with Gasteiger partial charge in [0.25, 0.3) is 0 Å². The minimum Gasteiger partial charge on any atom is -0.373 e. The maximum absolute atomic E-state index is 12.5. The third-order valence-corrected chi connectivity index (χ3v) is 6.38. The van der Waals surface area contributed by atoms with Gasteiger partial charge < -0.3 is 20.4 Å². The highest BCUT2D eigenvalue weighted by Crippen LogP contribution is 2.22. The highest BCUT2D eigenvalue weighted by Gasteiger charge is 2.30. The van der Waals surface area contributed by atoms with Crippen LogP contribution in [0.5, 0.6) is 0 Å². The van der Waals surface area contributed by atoms with Crippen molar-refractivity contribution in [1.29, 1.82) is 0 Å². The van der Waals surface area contributed by atoms with Crippen LogP contribution < -0.4 is 10.6 Å². The molecule has 1 aliphatic heterocycles. The number of ether oxygens (including phenoxy) is 1. The number of sulfonamides is 1. The second kappa shape index (κ2) is 7.87. The number of rotatable bonds is 5. The molecule has 1 aliphatic rings. The monoisotopic (exact) mass is 394 g/mol. The van der Waals surface area contributed by atoms with E-state index in [-0.39, 0.29) is 24.5 Å². The smallest absolute Gasteiger partial charge is 0.319 e. The number of nitrogens with zero attached hydrogens (tertiary/aromatic N) is 1. The van der Waals surface area contributed by atoms with Gasteiger partial charge in [0.05, 0.1) is 18.0 Å². The molecule has 2 amide bonds. The molecule has 1 fully saturated rings. The Morgan fingerprint density at radius 3 is 2.70 bits per heavy atom. The maximum Gasteiger partial charge on any atom is 0.319 e. The molecule has 0 aliphatic carbocycles. The predicted molar refractivity (Wildman–Crippen MR) is 105 cm³/mol. The van der Waals surface area contributed by atoms with Crippen LogP contribution in [0.4, 0.5) is 10.5 Å². The van der Waals surface area contributed by atoms with E-state index in [1.54, 1.807) is 0 Å². The molecule has 0 unspecified atom stereocenters. The Morgan fingerprint density at radius 2 is 2.00 bits per heavy atom. The van der Waals surface area contributed by atoms with Crippen molar-refractivity contribution in [3.05, 3.63) is 30.0 Å². The predicted octanol–water partition coefficient (Wildman–Crippen LogP) is 2.04. The van der Waals surface area contributed by atoms with E-state index in [4.69, 9.17) is 4.74 Å². The molecule has 0 bridgehead atoms. The fourth-order valence-electron chi connectivity index (χ4n) is 3.30. The van der Waals surface area contributed by atoms with Crippen LogP contribution in [0.1, 0.15) is 19.4 Å². The number of morpholine rings is 1. The molecule has 9 heteroatoms. The summed E-state index contributed by atoms with van der Waals surface area (Å²) in [5.41, 5.74) is 2.54. The summed E-state index contributed by atoms with van der Waals surface area (Å²) in [6, 6.07) is 5.37. The average Bonchev–Trinajstić information content (AvgIpc) is 3.01. The number of carbonyl (C=O) groups excluding carboxylic acids is 1. The molecule has 1 saturated heterocycles. The van der Waals surface area contributed by atoms with Gasteiger partial charge in [-0.15, -0.1) is 0 Å². The Balaban J connectivity index is 1.53. The van der Waals surface area contributed by atoms with E-state index in [0.717, 1.165) is 16.5 Å². The second-order valence-electron chi connectivity index (χ2n) is 7.00. The molecule has 2 aromatic rings. The van der Waals surface area contributed by atoms with Crippen molar-refractivity contribution in [1.82, 2.24) is 14.6 Å². The van der Waals surface area contributed by atoms with Crippen molar-refractivity contribution in [2.24, 2.45) is 0 Å². The van der Waals surface area contributed by atoms with Crippen molar-refractivity contribution < 1.29 is 17.9 Å². The zero-order chi connectivity index (χ0) is 19.6. The van der Waals surface area contributed by atoms with Gasteiger partial charge in [-0.05, 0) is 49.9 Å². The lowest BCUT2D eigenvalue weighted by Gasteiger charge is -2.34. The lowest BCUT2D eigenvalue weighted by atomic mass is 10.1. The van der Waals surface area contributed by atoms with Gasteiger partial charge in [0.2, 0.25) is 10.0 Å². The van der Waals surface area contributed by atoms with Crippen LogP contribution in [0.15, 0.2) is 24.4 Å². The number of anilines is 1. The van der Waals surface area contributed by atoms with E-state index in [1.807, 2.05) is 45.2 Å². The van der Waals surface area contributed by atoms with Crippen molar-refractivity contribution in [3.63, 3.8) is 0 Å². The molecule has 148 valence electrons. The van der Waals surface area contributed by atoms with Crippen LogP contribution in [0.25, 0.3) is 10.9 Å². The van der Waals surface area contributed by atoms with E-state index in [9.17, 15) is 13.2 Å². The van der Waals surface area contributed by atoms with E-state index in [0.29, 0.717) is 18.8 Å². The summed E-state index contributed by atoms with van der Waals surface area (Å²) >= 11 is 0. The van der Waals surface area contributed by atoms with Gasteiger partial charge in [-0.25, -0.2) is 13.2 Å². The van der Waals surface area contributed by atoms with Gasteiger partial charge in [-0.1, -0.05) is 0 Å². The molecule has 1 aromatic carbocycles. The third-order valence-electron chi connectivity index (χ3n) is 4.57. The van der Waals surface area contributed by atoms with Gasteiger partial charge in [0.15, 0.2) is 0 Å². The van der Waals surface area contributed by atoms with Crippen LogP contribution in [0.3, 0.4) is 0 Å². The number of nitrogens with one attached hydrogen (secondary N) is 3. The van der Waals surface area contributed by atoms with E-state index < -0.39 is 16.1 Å². The molecule has 0 spiro atoms. The second-order valence-corrected chi connectivity index (χ2v) is 9.09. The molecule has 1 aromatic heterocycles. The number of carbonyl (C=O) groups is 1. The van der Waals surface area contributed by atoms with Gasteiger partial charge in [0, 0.05) is 37.0 Å². The van der Waals surface area contributed by atoms with Crippen LogP contribution in [-0.4, -0.2) is 61.3 Å². The molecular formula is C18H26N4O4S. The Morgan fingerprint density at radius 1 is 1.30 bits per heavy atom. The summed E-state index contributed by atoms with van der Waals surface area (Å²) in [6.45, 7) is 6.34. The Hall–Kier alpha value is -2.10. The Labute approximate surface area is 159 Å². The van der Waals surface area contributed by atoms with Gasteiger partial charge >= 0.3 is 6.03 Å². The summed E-state index contributed by atoms with van der Waals surface area (Å²) in [7, 11) is -3.44. The number of aromatic amines is 1. The highest BCUT2D eigenvalue weighted by atomic mass is 32.2. The largest absolute Gasteiger partial charge is 0.373 e. The molecule has 0 saturated carbocycles. The topological polar surface area (TPSA) is 104 Å². The summed E-state index contributed by atoms with van der Waals surface area (Å²) in [5.74, 6) is -0.144. The molecule has 27 heavy (non-hydrogen) atoms. The number of hydrogen-bond donors (Lipinski definition) is 3. The molecule has 2 heterocycles. The fraction of sp³-hybridized carbons (Fsp3) is 0.500. The lowest BCUT2D eigenvalue weighted by Crippen LogP contribution is -2.49. The molecule has 3 rings (SSSR count). The number of hydrogen-bond acceptors (Lipinski definition) is 4. The highest BCUT2D eigenvalue weighted by molar-refractivity contribution is 7.89. The number of aromatic nitrogens is 1. The van der Waals surface area contributed by atoms with E-state index in [1.165, 1.54) is 4.31 Å². The first-order valence-corrected chi connectivity index (χ1v) is 10.6. The number of urea groups is 1. The zero-order valence-corrected chi connectivity index (χ0v) is 16.6. The first-order valence-electron chi connectivity index (χ1n) is 9.00. The number of H-pyrrole nitrogens is 1. The normalized spacial score (nSPS) is 21.3. The maximum atomic E-state index is 12.5. The first kappa shape index (κ1) is 19.7. The van der Waals surface area contributed by atoms with E-state index >= 15 is 0 Å². The minimum absolute atomic E-state index is 0.0398. The third kappa shape index (κ3) is 4.79. The number of benzene rings is 1. The van der Waals surface area contributed by atoms with Crippen molar-refractivity contribution in [3.8, 4) is 0 Å². The number of aryl methyl sites for hydroxylation is 1. The molecule has 8 nitrogen and oxygen atoms in total. The van der Waals surface area contributed by atoms with Crippen LogP contribution in [0.2, 0.25) is 0 Å². The summed E-state index contributed by atoms with van der Waals surface area (Å²) < 4.78 is 32.0. The Bertz CT molecular complexity index is 915. The fourth-order valence-corrected chi connectivity index (χ4v) is 4.79.